The number of halogens is 4. The van der Waals surface area contributed by atoms with Crippen LogP contribution in [-0.4, -0.2) is 38.5 Å². The molecule has 126 valence electrons. The third kappa shape index (κ3) is 3.83. The molecule has 22 heavy (non-hydrogen) atoms. The van der Waals surface area contributed by atoms with E-state index in [1.165, 1.54) is 0 Å². The van der Waals surface area contributed by atoms with Crippen LogP contribution in [0.2, 0.25) is 0 Å². The summed E-state index contributed by atoms with van der Waals surface area (Å²) in [6.45, 7) is -0.986. The van der Waals surface area contributed by atoms with Gasteiger partial charge in [-0.25, -0.2) is 12.8 Å². The number of hydrogen-bond acceptors (Lipinski definition) is 4. The van der Waals surface area contributed by atoms with E-state index in [9.17, 15) is 21.6 Å². The molecule has 1 fully saturated rings. The molecular formula is C12H16ClF3N2O3S. The van der Waals surface area contributed by atoms with Crippen LogP contribution in [0.15, 0.2) is 23.1 Å². The second kappa shape index (κ2) is 7.03. The molecule has 5 nitrogen and oxygen atoms in total. The number of ether oxygens (including phenoxy) is 1. The molecule has 1 aromatic rings. The number of rotatable bonds is 4. The topological polar surface area (TPSA) is 72.6 Å². The van der Waals surface area contributed by atoms with Crippen molar-refractivity contribution in [3.8, 4) is 5.75 Å². The number of hydrogen-bond donors (Lipinski definition) is 1. The van der Waals surface area contributed by atoms with Crippen LogP contribution >= 0.6 is 12.4 Å². The first-order valence-corrected chi connectivity index (χ1v) is 7.66. The minimum absolute atomic E-state index is 0. The van der Waals surface area contributed by atoms with Crippen molar-refractivity contribution in [1.82, 2.24) is 4.31 Å². The fraction of sp³-hybridized carbons (Fsp3) is 0.500. The lowest BCUT2D eigenvalue weighted by Crippen LogP contribution is -2.32. The maximum absolute atomic E-state index is 13.6. The Morgan fingerprint density at radius 1 is 1.36 bits per heavy atom. The van der Waals surface area contributed by atoms with Gasteiger partial charge in [0.15, 0.2) is 11.6 Å². The summed E-state index contributed by atoms with van der Waals surface area (Å²) in [5, 5.41) is 0. The van der Waals surface area contributed by atoms with Gasteiger partial charge in [0.05, 0.1) is 4.90 Å². The van der Waals surface area contributed by atoms with Crippen molar-refractivity contribution in [2.75, 3.05) is 13.1 Å². The van der Waals surface area contributed by atoms with Crippen LogP contribution in [0.3, 0.4) is 0 Å². The zero-order valence-corrected chi connectivity index (χ0v) is 13.2. The van der Waals surface area contributed by atoms with Gasteiger partial charge in [0.25, 0.3) is 0 Å². The Morgan fingerprint density at radius 3 is 2.45 bits per heavy atom. The first kappa shape index (κ1) is 19.0. The van der Waals surface area contributed by atoms with Crippen molar-refractivity contribution in [3.63, 3.8) is 0 Å². The van der Waals surface area contributed by atoms with Gasteiger partial charge in [0.2, 0.25) is 10.0 Å². The van der Waals surface area contributed by atoms with Crippen LogP contribution in [0.5, 0.6) is 5.75 Å². The van der Waals surface area contributed by atoms with E-state index in [-0.39, 0.29) is 42.4 Å². The molecular weight excluding hydrogens is 345 g/mol. The van der Waals surface area contributed by atoms with Crippen molar-refractivity contribution in [3.05, 3.63) is 24.0 Å². The number of alkyl halides is 2. The van der Waals surface area contributed by atoms with Crippen molar-refractivity contribution in [1.29, 1.82) is 0 Å². The van der Waals surface area contributed by atoms with E-state index in [2.05, 4.69) is 4.74 Å². The summed E-state index contributed by atoms with van der Waals surface area (Å²) in [4.78, 5) is -0.317. The highest BCUT2D eigenvalue weighted by Crippen LogP contribution is 2.27. The van der Waals surface area contributed by atoms with Crippen LogP contribution in [0.4, 0.5) is 13.2 Å². The molecule has 10 heteroatoms. The maximum atomic E-state index is 13.6. The predicted octanol–water partition coefficient (Wildman–Crippen LogP) is 1.82. The molecule has 0 saturated carbocycles. The molecule has 0 spiro atoms. The second-order valence-corrected chi connectivity index (χ2v) is 6.87. The van der Waals surface area contributed by atoms with Gasteiger partial charge in [0, 0.05) is 19.1 Å². The summed E-state index contributed by atoms with van der Waals surface area (Å²) < 4.78 is 67.4. The zero-order valence-electron chi connectivity index (χ0n) is 11.6. The van der Waals surface area contributed by atoms with Crippen LogP contribution in [0, 0.1) is 11.7 Å². The average Bonchev–Trinajstić information content (AvgIpc) is 2.72. The molecule has 1 heterocycles. The molecule has 0 bridgehead atoms. The monoisotopic (exact) mass is 360 g/mol. The van der Waals surface area contributed by atoms with Crippen LogP contribution < -0.4 is 10.5 Å². The Hall–Kier alpha value is -1.03. The average molecular weight is 361 g/mol. The molecule has 0 aromatic heterocycles. The summed E-state index contributed by atoms with van der Waals surface area (Å²) in [7, 11) is -3.90. The summed E-state index contributed by atoms with van der Waals surface area (Å²) in [6.07, 6.45) is 0. The summed E-state index contributed by atoms with van der Waals surface area (Å²) >= 11 is 0. The molecule has 2 N–H and O–H groups in total. The van der Waals surface area contributed by atoms with Gasteiger partial charge in [0.1, 0.15) is 0 Å². The zero-order chi connectivity index (χ0) is 15.8. The van der Waals surface area contributed by atoms with E-state index >= 15 is 0 Å². The highest BCUT2D eigenvalue weighted by molar-refractivity contribution is 7.89. The van der Waals surface area contributed by atoms with Crippen LogP contribution in [0.25, 0.3) is 0 Å². The molecule has 0 amide bonds. The Balaban J connectivity index is 0.00000242. The van der Waals surface area contributed by atoms with E-state index in [1.807, 2.05) is 6.92 Å². The van der Waals surface area contributed by atoms with Crippen molar-refractivity contribution >= 4 is 22.4 Å². The number of nitrogens with zero attached hydrogens (tertiary/aromatic N) is 1. The van der Waals surface area contributed by atoms with Gasteiger partial charge in [-0.3, -0.25) is 0 Å². The summed E-state index contributed by atoms with van der Waals surface area (Å²) in [5.41, 5.74) is 5.77. The third-order valence-electron chi connectivity index (χ3n) is 3.39. The standard InChI is InChI=1S/C12H15F3N2O3S.ClH/c1-7-5-17(6-10(7)16)21(18,19)8-2-3-11(9(13)4-8)20-12(14)15;/h2-4,7,10,12H,5-6,16H2,1H3;1H. The predicted molar refractivity (Wildman–Crippen MR) is 76.2 cm³/mol. The molecule has 0 radical (unpaired) electrons. The first-order valence-electron chi connectivity index (χ1n) is 6.22. The molecule has 2 rings (SSSR count). The minimum Gasteiger partial charge on any atom is -0.432 e. The lowest BCUT2D eigenvalue weighted by Gasteiger charge is -2.16. The fourth-order valence-corrected chi connectivity index (χ4v) is 3.72. The van der Waals surface area contributed by atoms with Crippen LogP contribution in [0.1, 0.15) is 6.92 Å². The SMILES string of the molecule is CC1CN(S(=O)(=O)c2ccc(OC(F)F)c(F)c2)CC1N.Cl. The Kier molecular flexibility index (Phi) is 6.08. The molecule has 1 aromatic carbocycles. The van der Waals surface area contributed by atoms with Gasteiger partial charge in [-0.2, -0.15) is 13.1 Å². The first-order chi connectivity index (χ1) is 9.71. The van der Waals surface area contributed by atoms with E-state index in [1.54, 1.807) is 0 Å². The third-order valence-corrected chi connectivity index (χ3v) is 5.22. The largest absolute Gasteiger partial charge is 0.432 e. The van der Waals surface area contributed by atoms with Gasteiger partial charge in [-0.1, -0.05) is 6.92 Å². The number of benzene rings is 1. The molecule has 2 atom stereocenters. The Labute approximate surface area is 132 Å². The van der Waals surface area contributed by atoms with Gasteiger partial charge in [-0.15, -0.1) is 12.4 Å². The minimum atomic E-state index is -3.90. The highest BCUT2D eigenvalue weighted by Gasteiger charge is 2.35. The highest BCUT2D eigenvalue weighted by atomic mass is 35.5. The summed E-state index contributed by atoms with van der Waals surface area (Å²) in [6, 6.07) is 2.28. The number of nitrogens with two attached hydrogens (primary N) is 1. The Morgan fingerprint density at radius 2 is 2.00 bits per heavy atom. The van der Waals surface area contributed by atoms with E-state index in [4.69, 9.17) is 5.73 Å². The van der Waals surface area contributed by atoms with E-state index < -0.39 is 28.2 Å². The molecule has 0 aliphatic carbocycles. The van der Waals surface area contributed by atoms with Gasteiger partial charge < -0.3 is 10.5 Å². The normalized spacial score (nSPS) is 22.6. The fourth-order valence-electron chi connectivity index (χ4n) is 2.13. The Bertz CT molecular complexity index is 620. The smallest absolute Gasteiger partial charge is 0.387 e. The molecule has 1 aliphatic heterocycles. The van der Waals surface area contributed by atoms with Crippen LogP contribution in [-0.2, 0) is 10.0 Å². The molecule has 2 unspecified atom stereocenters. The van der Waals surface area contributed by atoms with Crippen molar-refractivity contribution in [2.45, 2.75) is 24.5 Å². The molecule has 1 saturated heterocycles. The van der Waals surface area contributed by atoms with Gasteiger partial charge in [-0.05, 0) is 24.1 Å². The van der Waals surface area contributed by atoms with E-state index in [0.717, 1.165) is 16.4 Å². The second-order valence-electron chi connectivity index (χ2n) is 4.93. The lowest BCUT2D eigenvalue weighted by atomic mass is 10.1. The number of sulfonamides is 1. The van der Waals surface area contributed by atoms with E-state index in [0.29, 0.717) is 6.07 Å². The lowest BCUT2D eigenvalue weighted by molar-refractivity contribution is -0.0522. The molecule has 1 aliphatic rings. The van der Waals surface area contributed by atoms with Gasteiger partial charge >= 0.3 is 6.61 Å². The maximum Gasteiger partial charge on any atom is 0.387 e. The van der Waals surface area contributed by atoms with Crippen molar-refractivity contribution < 1.29 is 26.3 Å². The quantitative estimate of drug-likeness (QED) is 0.889. The summed E-state index contributed by atoms with van der Waals surface area (Å²) in [5.74, 6) is -1.87. The van der Waals surface area contributed by atoms with Crippen molar-refractivity contribution in [2.24, 2.45) is 11.7 Å².